The van der Waals surface area contributed by atoms with E-state index in [-0.39, 0.29) is 0 Å². The summed E-state index contributed by atoms with van der Waals surface area (Å²) in [6.45, 7) is 7.53. The van der Waals surface area contributed by atoms with Crippen LogP contribution in [-0.4, -0.2) is 12.3 Å². The van der Waals surface area contributed by atoms with E-state index in [1.807, 2.05) is 6.07 Å². The average Bonchev–Trinajstić information content (AvgIpc) is 2.79. The van der Waals surface area contributed by atoms with Crippen LogP contribution in [0.15, 0.2) is 41.6 Å². The van der Waals surface area contributed by atoms with Crippen LogP contribution >= 0.6 is 0 Å². The summed E-state index contributed by atoms with van der Waals surface area (Å²) in [5.74, 6) is 1.46. The Labute approximate surface area is 121 Å². The Balaban J connectivity index is 1.63. The van der Waals surface area contributed by atoms with Crippen molar-refractivity contribution in [3.05, 3.63) is 47.2 Å². The van der Waals surface area contributed by atoms with E-state index in [4.69, 9.17) is 0 Å². The van der Waals surface area contributed by atoms with Crippen molar-refractivity contribution in [3.63, 3.8) is 0 Å². The zero-order chi connectivity index (χ0) is 14.3. The molecule has 3 rings (SSSR count). The van der Waals surface area contributed by atoms with Crippen LogP contribution in [0, 0.1) is 17.3 Å². The van der Waals surface area contributed by atoms with Crippen molar-refractivity contribution in [1.82, 2.24) is 5.32 Å². The molecule has 20 heavy (non-hydrogen) atoms. The number of hydrogen-bond donors (Lipinski definition) is 1. The van der Waals surface area contributed by atoms with Crippen LogP contribution in [-0.2, 0) is 11.2 Å². The van der Waals surface area contributed by atoms with E-state index >= 15 is 0 Å². The molecule has 0 spiro atoms. The normalized spacial score (nSPS) is 29.1. The first kappa shape index (κ1) is 13.4. The monoisotopic (exact) mass is 269 g/mol. The molecule has 2 aliphatic rings. The minimum absolute atomic E-state index is 0.339. The lowest BCUT2D eigenvalue weighted by Crippen LogP contribution is -2.20. The van der Waals surface area contributed by atoms with Crippen LogP contribution in [0.25, 0.3) is 0 Å². The molecule has 2 nitrogen and oxygen atoms in total. The maximum Gasteiger partial charge on any atom is 0.161 e. The topological polar surface area (TPSA) is 29.1 Å². The Morgan fingerprint density at radius 3 is 2.65 bits per heavy atom. The number of Topliss-reactive ketones (excluding diaryl/α,β-unsaturated/α-hetero) is 1. The maximum absolute atomic E-state index is 12.1. The Morgan fingerprint density at radius 1 is 1.30 bits per heavy atom. The quantitative estimate of drug-likeness (QED) is 0.849. The van der Waals surface area contributed by atoms with Crippen molar-refractivity contribution < 1.29 is 4.79 Å². The van der Waals surface area contributed by atoms with Crippen LogP contribution < -0.4 is 5.32 Å². The second-order valence-corrected chi connectivity index (χ2v) is 6.73. The molecule has 2 atom stereocenters. The minimum Gasteiger partial charge on any atom is -0.388 e. The highest BCUT2D eigenvalue weighted by Gasteiger charge is 2.65. The maximum atomic E-state index is 12.1. The van der Waals surface area contributed by atoms with E-state index < -0.39 is 0 Å². The van der Waals surface area contributed by atoms with Gasteiger partial charge in [0.05, 0.1) is 0 Å². The summed E-state index contributed by atoms with van der Waals surface area (Å²) < 4.78 is 0. The summed E-state index contributed by atoms with van der Waals surface area (Å²) in [5.41, 5.74) is 3.85. The summed E-state index contributed by atoms with van der Waals surface area (Å²) in [4.78, 5) is 12.1. The first-order chi connectivity index (χ1) is 9.51. The van der Waals surface area contributed by atoms with E-state index in [0.29, 0.717) is 23.0 Å². The van der Waals surface area contributed by atoms with Gasteiger partial charge in [0.2, 0.25) is 0 Å². The molecule has 0 aromatic heterocycles. The number of ketones is 1. The highest BCUT2D eigenvalue weighted by atomic mass is 16.1. The lowest BCUT2D eigenvalue weighted by atomic mass is 9.95. The van der Waals surface area contributed by atoms with E-state index in [1.165, 1.54) is 5.56 Å². The second kappa shape index (κ2) is 4.76. The molecular weight excluding hydrogens is 246 g/mol. The van der Waals surface area contributed by atoms with Gasteiger partial charge in [0.25, 0.3) is 0 Å². The molecule has 0 saturated heterocycles. The molecule has 1 aromatic rings. The molecule has 0 amide bonds. The van der Waals surface area contributed by atoms with Gasteiger partial charge in [-0.25, -0.2) is 0 Å². The van der Waals surface area contributed by atoms with Crippen molar-refractivity contribution in [2.75, 3.05) is 6.54 Å². The van der Waals surface area contributed by atoms with Gasteiger partial charge in [0.1, 0.15) is 0 Å². The van der Waals surface area contributed by atoms with Gasteiger partial charge in [-0.05, 0) is 36.2 Å². The number of carbonyl (C=O) groups is 1. The predicted molar refractivity (Wildman–Crippen MR) is 81.2 cm³/mol. The highest BCUT2D eigenvalue weighted by molar-refractivity contribution is 6.01. The van der Waals surface area contributed by atoms with Gasteiger partial charge in [-0.1, -0.05) is 44.2 Å². The molecule has 106 valence electrons. The SMILES string of the molecule is CC(NCCc1ccccc1)=C1C(=O)C[C@@H]2[C@@H]1C2(C)C. The summed E-state index contributed by atoms with van der Waals surface area (Å²) in [5, 5.41) is 3.46. The van der Waals surface area contributed by atoms with E-state index in [2.05, 4.69) is 50.4 Å². The number of fused-ring (bicyclic) bond motifs is 1. The number of carbonyl (C=O) groups excluding carboxylic acids is 1. The third-order valence-corrected chi connectivity index (χ3v) is 5.12. The van der Waals surface area contributed by atoms with Crippen molar-refractivity contribution in [2.45, 2.75) is 33.6 Å². The third kappa shape index (κ3) is 2.17. The fourth-order valence-corrected chi connectivity index (χ4v) is 3.76. The minimum atomic E-state index is 0.339. The molecule has 0 aliphatic heterocycles. The van der Waals surface area contributed by atoms with Gasteiger partial charge in [-0.2, -0.15) is 0 Å². The Morgan fingerprint density at radius 2 is 2.00 bits per heavy atom. The molecule has 2 aliphatic carbocycles. The molecule has 0 radical (unpaired) electrons. The lowest BCUT2D eigenvalue weighted by Gasteiger charge is -2.14. The van der Waals surface area contributed by atoms with Crippen LogP contribution in [0.4, 0.5) is 0 Å². The summed E-state index contributed by atoms with van der Waals surface area (Å²) in [6, 6.07) is 10.5. The molecule has 0 unspecified atom stereocenters. The molecule has 1 aromatic carbocycles. The summed E-state index contributed by atoms with van der Waals surface area (Å²) in [6.07, 6.45) is 1.75. The molecule has 1 N–H and O–H groups in total. The first-order valence-electron chi connectivity index (χ1n) is 7.53. The van der Waals surface area contributed by atoms with Gasteiger partial charge in [-0.3, -0.25) is 4.79 Å². The molecule has 0 heterocycles. The highest BCUT2D eigenvalue weighted by Crippen LogP contribution is 2.68. The average molecular weight is 269 g/mol. The standard InChI is InChI=1S/C18H23NO/c1-12(19-10-9-13-7-5-4-6-8-13)16-15(20)11-14-17(16)18(14,2)3/h4-8,14,17,19H,9-11H2,1-3H3/t14-,17+/m1/s1. The van der Waals surface area contributed by atoms with Crippen LogP contribution in [0.3, 0.4) is 0 Å². The summed E-state index contributed by atoms with van der Waals surface area (Å²) in [7, 11) is 0. The van der Waals surface area contributed by atoms with Crippen molar-refractivity contribution in [2.24, 2.45) is 17.3 Å². The van der Waals surface area contributed by atoms with Gasteiger partial charge in [-0.15, -0.1) is 0 Å². The van der Waals surface area contributed by atoms with Gasteiger partial charge in [0, 0.05) is 24.2 Å². The first-order valence-corrected chi connectivity index (χ1v) is 7.53. The second-order valence-electron chi connectivity index (χ2n) is 6.73. The smallest absolute Gasteiger partial charge is 0.161 e. The lowest BCUT2D eigenvalue weighted by molar-refractivity contribution is -0.115. The van der Waals surface area contributed by atoms with Crippen LogP contribution in [0.5, 0.6) is 0 Å². The molecule has 2 fully saturated rings. The van der Waals surface area contributed by atoms with E-state index in [9.17, 15) is 4.79 Å². The zero-order valence-electron chi connectivity index (χ0n) is 12.6. The van der Waals surface area contributed by atoms with Gasteiger partial charge in [0.15, 0.2) is 5.78 Å². The number of rotatable bonds is 4. The van der Waals surface area contributed by atoms with Crippen molar-refractivity contribution in [3.8, 4) is 0 Å². The number of hydrogen-bond acceptors (Lipinski definition) is 2. The number of benzene rings is 1. The third-order valence-electron chi connectivity index (χ3n) is 5.12. The predicted octanol–water partition coefficient (Wildman–Crippen LogP) is 3.34. The Bertz CT molecular complexity index is 556. The van der Waals surface area contributed by atoms with Crippen LogP contribution in [0.2, 0.25) is 0 Å². The molecular formula is C18H23NO. The molecule has 2 heteroatoms. The van der Waals surface area contributed by atoms with Crippen LogP contribution in [0.1, 0.15) is 32.8 Å². The van der Waals surface area contributed by atoms with Gasteiger partial charge >= 0.3 is 0 Å². The molecule has 0 bridgehead atoms. The van der Waals surface area contributed by atoms with Crippen molar-refractivity contribution in [1.29, 1.82) is 0 Å². The number of nitrogens with one attached hydrogen (secondary N) is 1. The van der Waals surface area contributed by atoms with E-state index in [1.54, 1.807) is 0 Å². The number of allylic oxidation sites excluding steroid dienone is 2. The molecule has 2 saturated carbocycles. The van der Waals surface area contributed by atoms with Crippen molar-refractivity contribution >= 4 is 5.78 Å². The van der Waals surface area contributed by atoms with Gasteiger partial charge < -0.3 is 5.32 Å². The fraction of sp³-hybridized carbons (Fsp3) is 0.500. The Hall–Kier alpha value is -1.57. The fourth-order valence-electron chi connectivity index (χ4n) is 3.76. The van der Waals surface area contributed by atoms with E-state index in [0.717, 1.165) is 30.7 Å². The Kier molecular flexibility index (Phi) is 3.19. The summed E-state index contributed by atoms with van der Waals surface area (Å²) >= 11 is 0. The zero-order valence-corrected chi connectivity index (χ0v) is 12.6. The largest absolute Gasteiger partial charge is 0.388 e.